The average molecular weight is 972 g/mol. The Morgan fingerprint density at radius 3 is 1.43 bits per heavy atom. The minimum atomic E-state index is -0.170. The third-order valence-corrected chi connectivity index (χ3v) is 17.1. The first-order valence-corrected chi connectivity index (χ1v) is 27.9. The normalized spacial score (nSPS) is 12.9. The summed E-state index contributed by atoms with van der Waals surface area (Å²) in [7, 11) is 0. The van der Waals surface area contributed by atoms with E-state index in [1.807, 2.05) is 0 Å². The highest BCUT2D eigenvalue weighted by Crippen LogP contribution is 2.58. The van der Waals surface area contributed by atoms with E-state index in [4.69, 9.17) is 4.42 Å². The van der Waals surface area contributed by atoms with E-state index in [1.165, 1.54) is 162 Å². The molecule has 0 atom stereocenters. The van der Waals surface area contributed by atoms with Crippen LogP contribution in [0.4, 0.5) is 17.1 Å². The molecule has 13 rings (SSSR count). The van der Waals surface area contributed by atoms with Gasteiger partial charge in [0.15, 0.2) is 0 Å². The molecule has 1 aromatic heterocycles. The van der Waals surface area contributed by atoms with Gasteiger partial charge in [0, 0.05) is 43.8 Å². The van der Waals surface area contributed by atoms with Gasteiger partial charge in [-0.05, 0) is 140 Å². The maximum atomic E-state index is 6.77. The lowest BCUT2D eigenvalue weighted by Crippen LogP contribution is -2.26. The summed E-state index contributed by atoms with van der Waals surface area (Å²) < 4.78 is 6.77. The number of anilines is 3. The molecular formula is C73H65NO. The molecular weight excluding hydrogens is 907 g/mol. The van der Waals surface area contributed by atoms with Crippen LogP contribution in [0, 0.1) is 13.8 Å². The van der Waals surface area contributed by atoms with Crippen molar-refractivity contribution in [2.45, 2.75) is 97.3 Å². The zero-order valence-electron chi connectivity index (χ0n) is 44.0. The van der Waals surface area contributed by atoms with E-state index in [-0.39, 0.29) is 5.41 Å². The summed E-state index contributed by atoms with van der Waals surface area (Å²) in [6, 6.07) is 75.8. The third kappa shape index (κ3) is 7.75. The molecule has 12 aromatic rings. The Bertz CT molecular complexity index is 4000. The number of hydrogen-bond acceptors (Lipinski definition) is 2. The van der Waals surface area contributed by atoms with Crippen molar-refractivity contribution in [1.82, 2.24) is 0 Å². The summed E-state index contributed by atoms with van der Waals surface area (Å²) in [5.41, 5.74) is 18.6. The van der Waals surface area contributed by atoms with Gasteiger partial charge in [0.2, 0.25) is 0 Å². The molecule has 11 aromatic carbocycles. The lowest BCUT2D eigenvalue weighted by Gasteiger charge is -2.35. The molecule has 0 aliphatic heterocycles. The first-order chi connectivity index (χ1) is 37.0. The summed E-state index contributed by atoms with van der Waals surface area (Å²) in [6.07, 6.45) is 12.1. The predicted molar refractivity (Wildman–Crippen MR) is 323 cm³/mol. The fourth-order valence-corrected chi connectivity index (χ4v) is 13.5. The lowest BCUT2D eigenvalue weighted by atomic mass is 9.70. The molecule has 0 N–H and O–H groups in total. The molecule has 0 unspecified atom stereocenters. The number of nitrogens with zero attached hydrogens (tertiary/aromatic N) is 1. The number of unbranched alkanes of at least 4 members (excludes halogenated alkanes) is 6. The van der Waals surface area contributed by atoms with Gasteiger partial charge in [-0.1, -0.05) is 229 Å². The molecule has 2 heteroatoms. The zero-order valence-corrected chi connectivity index (χ0v) is 44.0. The SMILES string of the molecule is CCCCCCC1(CCCCCC)c2cc(-c3c4ccccc4c(-c4cccc5c4oc4ccccc45)c4ccccc34)ccc2-c2ccc(N(c3ccc(C)c4ccccc34)c3ccc(C)c4ccccc34)cc21. The summed E-state index contributed by atoms with van der Waals surface area (Å²) >= 11 is 0. The first-order valence-electron chi connectivity index (χ1n) is 27.9. The molecule has 75 heavy (non-hydrogen) atoms. The smallest absolute Gasteiger partial charge is 0.143 e. The van der Waals surface area contributed by atoms with E-state index < -0.39 is 0 Å². The second-order valence-electron chi connectivity index (χ2n) is 21.5. The van der Waals surface area contributed by atoms with Crippen LogP contribution in [-0.4, -0.2) is 0 Å². The van der Waals surface area contributed by atoms with Crippen LogP contribution in [0.5, 0.6) is 0 Å². The molecule has 368 valence electrons. The summed E-state index contributed by atoms with van der Waals surface area (Å²) in [5.74, 6) is 0. The molecule has 1 aliphatic rings. The van der Waals surface area contributed by atoms with Crippen LogP contribution < -0.4 is 4.90 Å². The van der Waals surface area contributed by atoms with Crippen molar-refractivity contribution in [3.05, 3.63) is 222 Å². The second-order valence-corrected chi connectivity index (χ2v) is 21.5. The van der Waals surface area contributed by atoms with Gasteiger partial charge in [0.25, 0.3) is 0 Å². The largest absolute Gasteiger partial charge is 0.455 e. The van der Waals surface area contributed by atoms with Gasteiger partial charge >= 0.3 is 0 Å². The number of rotatable bonds is 15. The topological polar surface area (TPSA) is 16.4 Å². The Morgan fingerprint density at radius 2 is 0.853 bits per heavy atom. The molecule has 0 saturated heterocycles. The lowest BCUT2D eigenvalue weighted by molar-refractivity contribution is 0.401. The Kier molecular flexibility index (Phi) is 12.1. The fourth-order valence-electron chi connectivity index (χ4n) is 13.5. The maximum Gasteiger partial charge on any atom is 0.143 e. The van der Waals surface area contributed by atoms with E-state index in [0.29, 0.717) is 0 Å². The van der Waals surface area contributed by atoms with E-state index >= 15 is 0 Å². The van der Waals surface area contributed by atoms with Crippen LogP contribution in [-0.2, 0) is 5.41 Å². The van der Waals surface area contributed by atoms with E-state index in [9.17, 15) is 0 Å². The molecule has 0 saturated carbocycles. The Balaban J connectivity index is 1.04. The van der Waals surface area contributed by atoms with Crippen molar-refractivity contribution < 1.29 is 4.42 Å². The van der Waals surface area contributed by atoms with Crippen LogP contribution in [0.2, 0.25) is 0 Å². The standard InChI is InChI=1S/C73H65NO/c1-5-7-9-21-44-73(45-22-10-8-6-2)65-46-50(70-59-29-15-17-31-61(59)71(62-32-18-16-30-60(62)70)64-34-23-33-63-58-28-19-20-35-69(58)75-72(63)64)38-40-54(65)55-41-39-51(47-66(55)73)74(67-42-36-48(3)52-24-11-13-26-56(52)67)68-43-37-49(4)53-25-12-14-27-57(53)68/h11-20,23-43,46-47H,5-10,21-22,44-45H2,1-4H3. The number of fused-ring (bicyclic) bond motifs is 10. The van der Waals surface area contributed by atoms with Crippen molar-refractivity contribution in [2.24, 2.45) is 0 Å². The van der Waals surface area contributed by atoms with Gasteiger partial charge in [0.1, 0.15) is 11.2 Å². The zero-order chi connectivity index (χ0) is 50.6. The van der Waals surface area contributed by atoms with Crippen molar-refractivity contribution >= 4 is 82.1 Å². The maximum absolute atomic E-state index is 6.77. The molecule has 1 aliphatic carbocycles. The summed E-state index contributed by atoms with van der Waals surface area (Å²) in [5, 5.41) is 12.4. The number of aryl methyl sites for hydroxylation is 2. The minimum absolute atomic E-state index is 0.170. The molecule has 0 radical (unpaired) electrons. The van der Waals surface area contributed by atoms with Gasteiger partial charge in [-0.3, -0.25) is 0 Å². The van der Waals surface area contributed by atoms with Crippen LogP contribution in [0.15, 0.2) is 205 Å². The Morgan fingerprint density at radius 1 is 0.373 bits per heavy atom. The quantitative estimate of drug-likeness (QED) is 0.0752. The van der Waals surface area contributed by atoms with Gasteiger partial charge in [-0.2, -0.15) is 0 Å². The molecule has 2 nitrogen and oxygen atoms in total. The van der Waals surface area contributed by atoms with E-state index in [1.54, 1.807) is 0 Å². The molecule has 0 bridgehead atoms. The van der Waals surface area contributed by atoms with Crippen LogP contribution in [0.3, 0.4) is 0 Å². The minimum Gasteiger partial charge on any atom is -0.455 e. The molecule has 0 fully saturated rings. The van der Waals surface area contributed by atoms with Crippen LogP contribution in [0.25, 0.3) is 98.4 Å². The monoisotopic (exact) mass is 972 g/mol. The summed E-state index contributed by atoms with van der Waals surface area (Å²) in [6.45, 7) is 9.17. The highest BCUT2D eigenvalue weighted by Gasteiger charge is 2.43. The highest BCUT2D eigenvalue weighted by molar-refractivity contribution is 6.24. The summed E-state index contributed by atoms with van der Waals surface area (Å²) in [4.78, 5) is 2.59. The van der Waals surface area contributed by atoms with Crippen molar-refractivity contribution in [3.8, 4) is 33.4 Å². The third-order valence-electron chi connectivity index (χ3n) is 17.1. The number of para-hydroxylation sites is 2. The van der Waals surface area contributed by atoms with Crippen molar-refractivity contribution in [2.75, 3.05) is 4.90 Å². The Hall–Kier alpha value is -7.94. The van der Waals surface area contributed by atoms with Crippen LogP contribution >= 0.6 is 0 Å². The van der Waals surface area contributed by atoms with Crippen LogP contribution in [0.1, 0.15) is 100 Å². The second kappa shape index (κ2) is 19.4. The first kappa shape index (κ1) is 46.8. The number of hydrogen-bond donors (Lipinski definition) is 0. The Labute approximate surface area is 442 Å². The predicted octanol–water partition coefficient (Wildman–Crippen LogP) is 21.8. The number of benzene rings is 11. The van der Waals surface area contributed by atoms with Crippen molar-refractivity contribution in [1.29, 1.82) is 0 Å². The van der Waals surface area contributed by atoms with Gasteiger partial charge in [-0.15, -0.1) is 0 Å². The van der Waals surface area contributed by atoms with Gasteiger partial charge < -0.3 is 9.32 Å². The fraction of sp³-hybridized carbons (Fsp3) is 0.205. The van der Waals surface area contributed by atoms with Gasteiger partial charge in [-0.25, -0.2) is 0 Å². The van der Waals surface area contributed by atoms with E-state index in [2.05, 4.69) is 233 Å². The molecule has 1 heterocycles. The molecule has 0 spiro atoms. The van der Waals surface area contributed by atoms with Crippen molar-refractivity contribution in [3.63, 3.8) is 0 Å². The number of furan rings is 1. The molecule has 0 amide bonds. The average Bonchev–Trinajstić information content (AvgIpc) is 4.08. The highest BCUT2D eigenvalue weighted by atomic mass is 16.3. The van der Waals surface area contributed by atoms with E-state index in [0.717, 1.165) is 40.3 Å². The van der Waals surface area contributed by atoms with Gasteiger partial charge in [0.05, 0.1) is 11.4 Å².